The van der Waals surface area contributed by atoms with Gasteiger partial charge in [-0.1, -0.05) is 17.8 Å². The van der Waals surface area contributed by atoms with E-state index in [1.807, 2.05) is 6.07 Å². The van der Waals surface area contributed by atoms with Crippen LogP contribution in [-0.2, 0) is 16.1 Å². The number of amidine groups is 1. The van der Waals surface area contributed by atoms with Gasteiger partial charge >= 0.3 is 5.97 Å². The number of aliphatic imine (C=N–C) groups is 1. The third kappa shape index (κ3) is 3.79. The smallest absolute Gasteiger partial charge is 0.317 e. The second kappa shape index (κ2) is 7.51. The molecule has 2 aromatic rings. The van der Waals surface area contributed by atoms with Crippen molar-refractivity contribution in [3.8, 4) is 11.5 Å². The number of aliphatic carboxylic acids is 1. The van der Waals surface area contributed by atoms with E-state index >= 15 is 0 Å². The molecule has 144 valence electrons. The summed E-state index contributed by atoms with van der Waals surface area (Å²) in [4.78, 5) is 29.9. The SMILES string of the molecule is O=C(O)C1CC(=O)N(Cc2ccc3c(c2)OCO3)C(=Nc2ccc(F)cc2)S1. The third-order valence-corrected chi connectivity index (χ3v) is 5.42. The van der Waals surface area contributed by atoms with Crippen LogP contribution in [0.5, 0.6) is 11.5 Å². The van der Waals surface area contributed by atoms with E-state index in [0.717, 1.165) is 17.3 Å². The van der Waals surface area contributed by atoms with Crippen LogP contribution in [0.2, 0.25) is 0 Å². The topological polar surface area (TPSA) is 88.4 Å². The van der Waals surface area contributed by atoms with Crippen molar-refractivity contribution in [3.05, 3.63) is 53.8 Å². The molecule has 0 spiro atoms. The molecule has 1 fully saturated rings. The maximum Gasteiger partial charge on any atom is 0.317 e. The van der Waals surface area contributed by atoms with Gasteiger partial charge in [0.25, 0.3) is 0 Å². The van der Waals surface area contributed by atoms with E-state index in [0.29, 0.717) is 17.2 Å². The number of hydrogen-bond donors (Lipinski definition) is 1. The second-order valence-corrected chi connectivity index (χ2v) is 7.36. The van der Waals surface area contributed by atoms with Crippen molar-refractivity contribution < 1.29 is 28.6 Å². The van der Waals surface area contributed by atoms with Crippen LogP contribution in [0.15, 0.2) is 47.5 Å². The molecule has 0 radical (unpaired) electrons. The highest BCUT2D eigenvalue weighted by molar-refractivity contribution is 8.15. The number of carboxylic acid groups (broad SMARTS) is 1. The molecule has 2 aromatic carbocycles. The first-order valence-corrected chi connectivity index (χ1v) is 9.30. The van der Waals surface area contributed by atoms with Gasteiger partial charge in [0.15, 0.2) is 16.7 Å². The summed E-state index contributed by atoms with van der Waals surface area (Å²) < 4.78 is 23.8. The van der Waals surface area contributed by atoms with Crippen LogP contribution in [0.4, 0.5) is 10.1 Å². The summed E-state index contributed by atoms with van der Waals surface area (Å²) in [5.74, 6) is -0.598. The van der Waals surface area contributed by atoms with Crippen molar-refractivity contribution >= 4 is 34.5 Å². The van der Waals surface area contributed by atoms with Crippen LogP contribution in [-0.4, -0.2) is 39.1 Å². The van der Waals surface area contributed by atoms with Crippen molar-refractivity contribution in [2.75, 3.05) is 6.79 Å². The Morgan fingerprint density at radius 1 is 1.21 bits per heavy atom. The van der Waals surface area contributed by atoms with Gasteiger partial charge in [0, 0.05) is 0 Å². The zero-order valence-electron chi connectivity index (χ0n) is 14.5. The van der Waals surface area contributed by atoms with Gasteiger partial charge in [-0.2, -0.15) is 0 Å². The lowest BCUT2D eigenvalue weighted by molar-refractivity contribution is -0.139. The Bertz CT molecular complexity index is 963. The van der Waals surface area contributed by atoms with E-state index in [1.165, 1.54) is 29.2 Å². The fourth-order valence-electron chi connectivity index (χ4n) is 2.84. The number of halogens is 1. The highest BCUT2D eigenvalue weighted by Crippen LogP contribution is 2.34. The molecule has 2 aliphatic rings. The summed E-state index contributed by atoms with van der Waals surface area (Å²) in [6, 6.07) is 10.8. The molecular weight excluding hydrogens is 387 g/mol. The summed E-state index contributed by atoms with van der Waals surface area (Å²) in [5, 5.41) is 8.67. The molecule has 1 N–H and O–H groups in total. The highest BCUT2D eigenvalue weighted by atomic mass is 32.2. The number of nitrogens with zero attached hydrogens (tertiary/aromatic N) is 2. The lowest BCUT2D eigenvalue weighted by Gasteiger charge is -2.30. The summed E-state index contributed by atoms with van der Waals surface area (Å²) in [6.07, 6.45) is -0.132. The first-order valence-electron chi connectivity index (χ1n) is 8.42. The van der Waals surface area contributed by atoms with Crippen LogP contribution < -0.4 is 9.47 Å². The van der Waals surface area contributed by atoms with Gasteiger partial charge in [0.1, 0.15) is 11.1 Å². The number of fused-ring (bicyclic) bond motifs is 1. The first kappa shape index (κ1) is 18.3. The molecule has 0 saturated carbocycles. The summed E-state index contributed by atoms with van der Waals surface area (Å²) in [6.45, 7) is 0.351. The molecule has 0 aliphatic carbocycles. The van der Waals surface area contributed by atoms with Gasteiger partial charge in [-0.05, 0) is 42.0 Å². The zero-order valence-corrected chi connectivity index (χ0v) is 15.3. The van der Waals surface area contributed by atoms with Crippen molar-refractivity contribution in [2.45, 2.75) is 18.2 Å². The normalized spacial score (nSPS) is 19.9. The quantitative estimate of drug-likeness (QED) is 0.845. The van der Waals surface area contributed by atoms with E-state index in [-0.39, 0.29) is 30.8 Å². The van der Waals surface area contributed by atoms with E-state index in [4.69, 9.17) is 9.47 Å². The molecule has 28 heavy (non-hydrogen) atoms. The minimum Gasteiger partial charge on any atom is -0.480 e. The summed E-state index contributed by atoms with van der Waals surface area (Å²) in [5.41, 5.74) is 1.22. The molecule has 2 heterocycles. The van der Waals surface area contributed by atoms with Crippen LogP contribution in [0, 0.1) is 5.82 Å². The molecule has 1 saturated heterocycles. The van der Waals surface area contributed by atoms with E-state index in [9.17, 15) is 19.1 Å². The molecule has 9 heteroatoms. The Labute approximate surface area is 163 Å². The zero-order chi connectivity index (χ0) is 19.7. The fraction of sp³-hybridized carbons (Fsp3) is 0.211. The fourth-order valence-corrected chi connectivity index (χ4v) is 3.87. The number of benzene rings is 2. The first-order chi connectivity index (χ1) is 13.5. The molecular formula is C19H15FN2O5S. The van der Waals surface area contributed by atoms with Crippen LogP contribution in [0.1, 0.15) is 12.0 Å². The van der Waals surface area contributed by atoms with Gasteiger partial charge in [0.05, 0.1) is 18.7 Å². The number of rotatable bonds is 4. The van der Waals surface area contributed by atoms with Crippen LogP contribution in [0.25, 0.3) is 0 Å². The lowest BCUT2D eigenvalue weighted by atomic mass is 10.1. The third-order valence-electron chi connectivity index (χ3n) is 4.24. The maximum atomic E-state index is 13.2. The second-order valence-electron chi connectivity index (χ2n) is 6.19. The largest absolute Gasteiger partial charge is 0.480 e. The van der Waals surface area contributed by atoms with Crippen molar-refractivity contribution in [3.63, 3.8) is 0 Å². The molecule has 1 atom stereocenters. The standard InChI is InChI=1S/C19H15FN2O5S/c20-12-2-4-13(5-3-12)21-19-22(17(23)8-16(28-19)18(24)25)9-11-1-6-14-15(7-11)27-10-26-14/h1-7,16H,8-10H2,(H,24,25). The van der Waals surface area contributed by atoms with E-state index in [2.05, 4.69) is 4.99 Å². The Kier molecular flexibility index (Phi) is 4.91. The van der Waals surface area contributed by atoms with Crippen molar-refractivity contribution in [1.29, 1.82) is 0 Å². The van der Waals surface area contributed by atoms with Gasteiger partial charge in [-0.25, -0.2) is 9.38 Å². The van der Waals surface area contributed by atoms with Crippen LogP contribution >= 0.6 is 11.8 Å². The predicted molar refractivity (Wildman–Crippen MR) is 100 cm³/mol. The Morgan fingerprint density at radius 2 is 1.96 bits per heavy atom. The van der Waals surface area contributed by atoms with Crippen molar-refractivity contribution in [1.82, 2.24) is 4.90 Å². The number of carboxylic acids is 1. The minimum atomic E-state index is -1.08. The van der Waals surface area contributed by atoms with Gasteiger partial charge < -0.3 is 14.6 Å². The van der Waals surface area contributed by atoms with E-state index < -0.39 is 17.0 Å². The maximum absolute atomic E-state index is 13.2. The molecule has 1 amide bonds. The molecule has 1 unspecified atom stereocenters. The minimum absolute atomic E-state index is 0.132. The average Bonchev–Trinajstić information content (AvgIpc) is 3.13. The van der Waals surface area contributed by atoms with Gasteiger partial charge in [-0.15, -0.1) is 0 Å². The highest BCUT2D eigenvalue weighted by Gasteiger charge is 2.36. The Hall–Kier alpha value is -3.07. The number of amides is 1. The molecule has 0 bridgehead atoms. The number of ether oxygens (including phenoxy) is 2. The number of carbonyl (C=O) groups excluding carboxylic acids is 1. The number of hydrogen-bond acceptors (Lipinski definition) is 6. The molecule has 2 aliphatic heterocycles. The summed E-state index contributed by atoms with van der Waals surface area (Å²) in [7, 11) is 0. The monoisotopic (exact) mass is 402 g/mol. The van der Waals surface area contributed by atoms with E-state index in [1.54, 1.807) is 12.1 Å². The van der Waals surface area contributed by atoms with Crippen LogP contribution in [0.3, 0.4) is 0 Å². The lowest BCUT2D eigenvalue weighted by Crippen LogP contribution is -2.43. The van der Waals surface area contributed by atoms with Gasteiger partial charge in [0.2, 0.25) is 12.7 Å². The Balaban J connectivity index is 1.64. The average molecular weight is 402 g/mol. The van der Waals surface area contributed by atoms with Gasteiger partial charge in [-0.3, -0.25) is 14.5 Å². The summed E-state index contributed by atoms with van der Waals surface area (Å²) >= 11 is 1.00. The Morgan fingerprint density at radius 3 is 2.71 bits per heavy atom. The predicted octanol–water partition coefficient (Wildman–Crippen LogP) is 3.16. The molecule has 7 nitrogen and oxygen atoms in total. The molecule has 0 aromatic heterocycles. The number of thioether (sulfide) groups is 1. The number of carbonyl (C=O) groups is 2. The molecule has 4 rings (SSSR count). The van der Waals surface area contributed by atoms with Crippen molar-refractivity contribution in [2.24, 2.45) is 4.99 Å².